The van der Waals surface area contributed by atoms with Gasteiger partial charge in [-0.15, -0.1) is 0 Å². The molecular weight excluding hydrogens is 368 g/mol. The molecule has 0 unspecified atom stereocenters. The Kier molecular flexibility index (Phi) is 4.91. The van der Waals surface area contributed by atoms with E-state index < -0.39 is 0 Å². The number of halogens is 1. The number of aromatic nitrogens is 2. The molecule has 0 aliphatic carbocycles. The fourth-order valence-electron chi connectivity index (χ4n) is 2.21. The van der Waals surface area contributed by atoms with Crippen LogP contribution in [0.2, 0.25) is 0 Å². The zero-order valence-electron chi connectivity index (χ0n) is 13.0. The maximum Gasteiger partial charge on any atom is 0.337 e. The van der Waals surface area contributed by atoms with E-state index in [0.717, 1.165) is 27.1 Å². The third kappa shape index (κ3) is 3.81. The topological polar surface area (TPSA) is 55.0 Å². The number of benzene rings is 2. The molecule has 2 aromatic carbocycles. The molecule has 1 N–H and O–H groups in total. The number of esters is 1. The Hall–Kier alpha value is -2.66. The van der Waals surface area contributed by atoms with Gasteiger partial charge in [-0.05, 0) is 35.9 Å². The fourth-order valence-corrected chi connectivity index (χ4v) is 2.48. The van der Waals surface area contributed by atoms with Crippen molar-refractivity contribution < 1.29 is 9.53 Å². The van der Waals surface area contributed by atoms with Gasteiger partial charge in [0.25, 0.3) is 0 Å². The highest BCUT2D eigenvalue weighted by molar-refractivity contribution is 9.10. The van der Waals surface area contributed by atoms with Gasteiger partial charge in [-0.3, -0.25) is 0 Å². The Morgan fingerprint density at radius 1 is 1.08 bits per heavy atom. The first-order valence-corrected chi connectivity index (χ1v) is 8.13. The van der Waals surface area contributed by atoms with Crippen molar-refractivity contribution >= 4 is 34.1 Å². The summed E-state index contributed by atoms with van der Waals surface area (Å²) in [6.07, 6.45) is 5.76. The van der Waals surface area contributed by atoms with E-state index in [4.69, 9.17) is 4.74 Å². The van der Waals surface area contributed by atoms with Crippen molar-refractivity contribution in [1.82, 2.24) is 9.97 Å². The van der Waals surface area contributed by atoms with E-state index in [0.29, 0.717) is 5.56 Å². The van der Waals surface area contributed by atoms with Crippen LogP contribution in [0.5, 0.6) is 0 Å². The van der Waals surface area contributed by atoms with Crippen molar-refractivity contribution in [3.8, 4) is 11.3 Å². The molecule has 1 aromatic heterocycles. The SMILES string of the molecule is COC(=O)c1ccc(-c2c[nH]c(/C=C/c3ccc(Br)cc3)n2)cc1. The number of ether oxygens (including phenoxy) is 1. The summed E-state index contributed by atoms with van der Waals surface area (Å²) in [7, 11) is 1.37. The molecular formula is C19H15BrN2O2. The highest BCUT2D eigenvalue weighted by Crippen LogP contribution is 2.19. The summed E-state index contributed by atoms with van der Waals surface area (Å²) < 4.78 is 5.75. The van der Waals surface area contributed by atoms with Crippen LogP contribution >= 0.6 is 15.9 Å². The van der Waals surface area contributed by atoms with E-state index in [1.807, 2.05) is 54.7 Å². The molecule has 0 fully saturated rings. The van der Waals surface area contributed by atoms with Crippen molar-refractivity contribution in [3.63, 3.8) is 0 Å². The minimum Gasteiger partial charge on any atom is -0.465 e. The highest BCUT2D eigenvalue weighted by atomic mass is 79.9. The van der Waals surface area contributed by atoms with Crippen LogP contribution in [-0.4, -0.2) is 23.0 Å². The maximum atomic E-state index is 11.5. The van der Waals surface area contributed by atoms with Crippen molar-refractivity contribution in [2.24, 2.45) is 0 Å². The molecule has 5 heteroatoms. The number of carbonyl (C=O) groups excluding carboxylic acids is 1. The van der Waals surface area contributed by atoms with Gasteiger partial charge in [-0.25, -0.2) is 9.78 Å². The molecule has 0 aliphatic rings. The van der Waals surface area contributed by atoms with Crippen LogP contribution in [0.15, 0.2) is 59.2 Å². The number of nitrogens with zero attached hydrogens (tertiary/aromatic N) is 1. The zero-order chi connectivity index (χ0) is 16.9. The Bertz CT molecular complexity index is 865. The number of methoxy groups -OCH3 is 1. The van der Waals surface area contributed by atoms with E-state index in [-0.39, 0.29) is 5.97 Å². The van der Waals surface area contributed by atoms with Crippen LogP contribution in [-0.2, 0) is 4.74 Å². The lowest BCUT2D eigenvalue weighted by molar-refractivity contribution is 0.0601. The number of hydrogen-bond donors (Lipinski definition) is 1. The fraction of sp³-hybridized carbons (Fsp3) is 0.0526. The summed E-state index contributed by atoms with van der Waals surface area (Å²) in [5, 5.41) is 0. The monoisotopic (exact) mass is 382 g/mol. The van der Waals surface area contributed by atoms with Gasteiger partial charge in [0.2, 0.25) is 0 Å². The van der Waals surface area contributed by atoms with E-state index >= 15 is 0 Å². The third-order valence-corrected chi connectivity index (χ3v) is 4.03. The molecule has 120 valence electrons. The van der Waals surface area contributed by atoms with Crippen molar-refractivity contribution in [2.45, 2.75) is 0 Å². The molecule has 4 nitrogen and oxygen atoms in total. The molecule has 0 radical (unpaired) electrons. The molecule has 0 saturated heterocycles. The van der Waals surface area contributed by atoms with Gasteiger partial charge in [-0.1, -0.05) is 46.3 Å². The number of carbonyl (C=O) groups is 1. The molecule has 24 heavy (non-hydrogen) atoms. The number of rotatable bonds is 4. The van der Waals surface area contributed by atoms with Crippen molar-refractivity contribution in [3.05, 3.63) is 76.2 Å². The van der Waals surface area contributed by atoms with Crippen LogP contribution in [0.25, 0.3) is 23.4 Å². The second-order valence-corrected chi connectivity index (χ2v) is 6.04. The first-order valence-electron chi connectivity index (χ1n) is 7.33. The zero-order valence-corrected chi connectivity index (χ0v) is 14.6. The van der Waals surface area contributed by atoms with Gasteiger partial charge in [0.1, 0.15) is 5.82 Å². The van der Waals surface area contributed by atoms with Gasteiger partial charge in [0.05, 0.1) is 18.4 Å². The number of hydrogen-bond acceptors (Lipinski definition) is 3. The number of imidazole rings is 1. The van der Waals surface area contributed by atoms with Crippen LogP contribution in [0.1, 0.15) is 21.7 Å². The van der Waals surface area contributed by atoms with E-state index in [1.165, 1.54) is 7.11 Å². The first-order chi connectivity index (χ1) is 11.7. The molecule has 1 heterocycles. The lowest BCUT2D eigenvalue weighted by Crippen LogP contribution is -2.00. The summed E-state index contributed by atoms with van der Waals surface area (Å²) in [6.45, 7) is 0. The van der Waals surface area contributed by atoms with Crippen LogP contribution in [0, 0.1) is 0 Å². The average Bonchev–Trinajstić information content (AvgIpc) is 3.10. The Balaban J connectivity index is 1.75. The van der Waals surface area contributed by atoms with E-state index in [1.54, 1.807) is 12.1 Å². The number of nitrogens with one attached hydrogen (secondary N) is 1. The average molecular weight is 383 g/mol. The number of H-pyrrole nitrogens is 1. The van der Waals surface area contributed by atoms with Crippen LogP contribution < -0.4 is 0 Å². The first kappa shape index (κ1) is 16.2. The number of aromatic amines is 1. The van der Waals surface area contributed by atoms with Gasteiger partial charge < -0.3 is 9.72 Å². The summed E-state index contributed by atoms with van der Waals surface area (Å²) in [5.74, 6) is 0.423. The van der Waals surface area contributed by atoms with Crippen molar-refractivity contribution in [2.75, 3.05) is 7.11 Å². The second kappa shape index (κ2) is 7.27. The molecule has 0 bridgehead atoms. The molecule has 0 amide bonds. The Morgan fingerprint density at radius 3 is 2.46 bits per heavy atom. The Labute approximate surface area is 148 Å². The minimum absolute atomic E-state index is 0.346. The van der Waals surface area contributed by atoms with E-state index in [9.17, 15) is 4.79 Å². The standard InChI is InChI=1S/C19H15BrN2O2/c1-24-19(23)15-7-5-14(6-8-15)17-12-21-18(22-17)11-4-13-2-9-16(20)10-3-13/h2-12H,1H3,(H,21,22)/b11-4+. The van der Waals surface area contributed by atoms with E-state index in [2.05, 4.69) is 25.9 Å². The Morgan fingerprint density at radius 2 is 1.79 bits per heavy atom. The highest BCUT2D eigenvalue weighted by Gasteiger charge is 2.07. The van der Waals surface area contributed by atoms with Crippen LogP contribution in [0.3, 0.4) is 0 Å². The summed E-state index contributed by atoms with van der Waals surface area (Å²) in [6, 6.07) is 15.2. The third-order valence-electron chi connectivity index (χ3n) is 3.50. The molecule has 0 aliphatic heterocycles. The lowest BCUT2D eigenvalue weighted by atomic mass is 10.1. The van der Waals surface area contributed by atoms with Crippen molar-refractivity contribution in [1.29, 1.82) is 0 Å². The van der Waals surface area contributed by atoms with Gasteiger partial charge in [0.15, 0.2) is 0 Å². The minimum atomic E-state index is -0.346. The smallest absolute Gasteiger partial charge is 0.337 e. The molecule has 3 aromatic rings. The molecule has 0 spiro atoms. The van der Waals surface area contributed by atoms with Gasteiger partial charge in [0, 0.05) is 16.2 Å². The quantitative estimate of drug-likeness (QED) is 0.659. The van der Waals surface area contributed by atoms with Crippen LogP contribution in [0.4, 0.5) is 0 Å². The summed E-state index contributed by atoms with van der Waals surface area (Å²) in [4.78, 5) is 19.1. The molecule has 3 rings (SSSR count). The predicted octanol–water partition coefficient (Wildman–Crippen LogP) is 4.80. The molecule has 0 saturated carbocycles. The molecule has 0 atom stereocenters. The summed E-state index contributed by atoms with van der Waals surface area (Å²) in [5.41, 5.74) is 3.37. The maximum absolute atomic E-state index is 11.5. The second-order valence-electron chi connectivity index (χ2n) is 5.12. The van der Waals surface area contributed by atoms with Gasteiger partial charge in [-0.2, -0.15) is 0 Å². The summed E-state index contributed by atoms with van der Waals surface area (Å²) >= 11 is 3.42. The lowest BCUT2D eigenvalue weighted by Gasteiger charge is -2.00. The largest absolute Gasteiger partial charge is 0.465 e. The predicted molar refractivity (Wildman–Crippen MR) is 98.4 cm³/mol. The normalized spacial score (nSPS) is 10.9. The van der Waals surface area contributed by atoms with Gasteiger partial charge >= 0.3 is 5.97 Å².